The number of aromatic nitrogens is 1. The first-order chi connectivity index (χ1) is 11.2. The van der Waals surface area contributed by atoms with Crippen LogP contribution in [0.1, 0.15) is 25.0 Å². The molecule has 0 radical (unpaired) electrons. The second kappa shape index (κ2) is 7.11. The van der Waals surface area contributed by atoms with E-state index in [1.165, 1.54) is 0 Å². The molecule has 3 rings (SSSR count). The average Bonchev–Trinajstić information content (AvgIpc) is 2.60. The second-order valence-electron chi connectivity index (χ2n) is 5.27. The second-order valence-corrected chi connectivity index (χ2v) is 5.27. The number of benzene rings is 1. The molecule has 6 heteroatoms. The van der Waals surface area contributed by atoms with E-state index in [4.69, 9.17) is 14.3 Å². The molecule has 6 nitrogen and oxygen atoms in total. The highest BCUT2D eigenvalue weighted by molar-refractivity contribution is 5.75. The Labute approximate surface area is 134 Å². The maximum Gasteiger partial charge on any atom is 0.247 e. The number of pyridine rings is 1. The molecule has 23 heavy (non-hydrogen) atoms. The van der Waals surface area contributed by atoms with E-state index in [1.807, 2.05) is 43.3 Å². The summed E-state index contributed by atoms with van der Waals surface area (Å²) in [4.78, 5) is 21.3. The van der Waals surface area contributed by atoms with Gasteiger partial charge in [-0.05, 0) is 36.8 Å². The highest BCUT2D eigenvalue weighted by Crippen LogP contribution is 2.31. The summed E-state index contributed by atoms with van der Waals surface area (Å²) in [5, 5.41) is 0. The maximum atomic E-state index is 12.0. The van der Waals surface area contributed by atoms with Crippen LogP contribution >= 0.6 is 0 Å². The Hall–Kier alpha value is -2.60. The Morgan fingerprint density at radius 2 is 2.04 bits per heavy atom. The van der Waals surface area contributed by atoms with E-state index in [-0.39, 0.29) is 24.5 Å². The Morgan fingerprint density at radius 3 is 2.83 bits per heavy atom. The minimum Gasteiger partial charge on any atom is -0.486 e. The van der Waals surface area contributed by atoms with Gasteiger partial charge in [0.1, 0.15) is 18.8 Å². The Bertz CT molecular complexity index is 663. The SMILES string of the molecule is C[C@H](ONC(=O)CC1COc2ccccc2O1)c1ccncc1. The molecule has 2 atom stereocenters. The van der Waals surface area contributed by atoms with E-state index in [1.54, 1.807) is 12.4 Å². The van der Waals surface area contributed by atoms with Crippen LogP contribution in [0.2, 0.25) is 0 Å². The van der Waals surface area contributed by atoms with Crippen molar-refractivity contribution in [3.05, 3.63) is 54.4 Å². The standard InChI is InChI=1S/C17H18N2O4/c1-12(13-6-8-18-9-7-13)23-19-17(20)10-14-11-21-15-4-2-3-5-16(15)22-14/h2-9,12,14H,10-11H2,1H3,(H,19,20)/t12-,14?/m0/s1. The first-order valence-electron chi connectivity index (χ1n) is 7.45. The van der Waals surface area contributed by atoms with Gasteiger partial charge >= 0.3 is 0 Å². The molecular weight excluding hydrogens is 296 g/mol. The van der Waals surface area contributed by atoms with Crippen molar-refractivity contribution in [1.82, 2.24) is 10.5 Å². The van der Waals surface area contributed by atoms with Gasteiger partial charge in [0.25, 0.3) is 0 Å². The Kier molecular flexibility index (Phi) is 4.73. The number of carbonyl (C=O) groups excluding carboxylic acids is 1. The molecule has 1 unspecified atom stereocenters. The summed E-state index contributed by atoms with van der Waals surface area (Å²) in [6, 6.07) is 11.1. The van der Waals surface area contributed by atoms with Crippen molar-refractivity contribution in [2.24, 2.45) is 0 Å². The van der Waals surface area contributed by atoms with Crippen molar-refractivity contribution in [1.29, 1.82) is 0 Å². The zero-order valence-corrected chi connectivity index (χ0v) is 12.8. The van der Waals surface area contributed by atoms with Crippen LogP contribution in [-0.4, -0.2) is 23.6 Å². The molecule has 0 saturated carbocycles. The zero-order chi connectivity index (χ0) is 16.1. The highest BCUT2D eigenvalue weighted by Gasteiger charge is 2.23. The lowest BCUT2D eigenvalue weighted by Gasteiger charge is -2.26. The third-order valence-electron chi connectivity index (χ3n) is 3.51. The summed E-state index contributed by atoms with van der Waals surface area (Å²) < 4.78 is 11.3. The predicted octanol–water partition coefficient (Wildman–Crippen LogP) is 2.42. The van der Waals surface area contributed by atoms with Crippen LogP contribution in [-0.2, 0) is 9.63 Å². The molecular formula is C17H18N2O4. The summed E-state index contributed by atoms with van der Waals surface area (Å²) in [6.45, 7) is 2.19. The van der Waals surface area contributed by atoms with E-state index in [2.05, 4.69) is 10.5 Å². The highest BCUT2D eigenvalue weighted by atomic mass is 16.7. The number of rotatable bonds is 5. The molecule has 1 aliphatic heterocycles. The first kappa shape index (κ1) is 15.3. The van der Waals surface area contributed by atoms with Gasteiger partial charge in [0.2, 0.25) is 5.91 Å². The largest absolute Gasteiger partial charge is 0.486 e. The fraction of sp³-hybridized carbons (Fsp3) is 0.294. The Morgan fingerprint density at radius 1 is 1.30 bits per heavy atom. The summed E-state index contributed by atoms with van der Waals surface area (Å²) >= 11 is 0. The molecule has 1 N–H and O–H groups in total. The van der Waals surface area contributed by atoms with Gasteiger partial charge in [-0.15, -0.1) is 0 Å². The van der Waals surface area contributed by atoms with E-state index in [0.29, 0.717) is 18.1 Å². The number of para-hydroxylation sites is 2. The van der Waals surface area contributed by atoms with Gasteiger partial charge in [-0.2, -0.15) is 0 Å². The van der Waals surface area contributed by atoms with Gasteiger partial charge < -0.3 is 9.47 Å². The lowest BCUT2D eigenvalue weighted by atomic mass is 10.2. The molecule has 120 valence electrons. The minimum atomic E-state index is -0.329. The molecule has 1 aromatic heterocycles. The molecule has 0 saturated heterocycles. The van der Waals surface area contributed by atoms with Crippen molar-refractivity contribution in [3.8, 4) is 11.5 Å². The summed E-state index contributed by atoms with van der Waals surface area (Å²) in [7, 11) is 0. The van der Waals surface area contributed by atoms with Crippen molar-refractivity contribution in [3.63, 3.8) is 0 Å². The molecule has 0 spiro atoms. The number of amides is 1. The predicted molar refractivity (Wildman–Crippen MR) is 82.8 cm³/mol. The van der Waals surface area contributed by atoms with Crippen molar-refractivity contribution < 1.29 is 19.1 Å². The van der Waals surface area contributed by atoms with Gasteiger partial charge in [-0.25, -0.2) is 5.48 Å². The van der Waals surface area contributed by atoms with Gasteiger partial charge in [0, 0.05) is 12.4 Å². The van der Waals surface area contributed by atoms with Crippen LogP contribution < -0.4 is 15.0 Å². The van der Waals surface area contributed by atoms with Gasteiger partial charge in [-0.3, -0.25) is 14.6 Å². The maximum absolute atomic E-state index is 12.0. The molecule has 1 aromatic carbocycles. The minimum absolute atomic E-state index is 0.164. The summed E-state index contributed by atoms with van der Waals surface area (Å²) in [5.74, 6) is 1.10. The van der Waals surface area contributed by atoms with E-state index in [9.17, 15) is 4.79 Å². The number of nitrogens with zero attached hydrogens (tertiary/aromatic N) is 1. The topological polar surface area (TPSA) is 69.7 Å². The third-order valence-corrected chi connectivity index (χ3v) is 3.51. The molecule has 2 heterocycles. The quantitative estimate of drug-likeness (QED) is 0.858. The van der Waals surface area contributed by atoms with Crippen molar-refractivity contribution in [2.75, 3.05) is 6.61 Å². The number of carbonyl (C=O) groups is 1. The number of ether oxygens (including phenoxy) is 2. The van der Waals surface area contributed by atoms with Crippen molar-refractivity contribution >= 4 is 5.91 Å². The summed E-state index contributed by atoms with van der Waals surface area (Å²) in [6.07, 6.45) is 2.94. The van der Waals surface area contributed by atoms with Crippen LogP contribution in [0.15, 0.2) is 48.8 Å². The van der Waals surface area contributed by atoms with Gasteiger partial charge in [0.05, 0.1) is 6.42 Å². The van der Waals surface area contributed by atoms with Crippen LogP contribution in [0.3, 0.4) is 0 Å². The average molecular weight is 314 g/mol. The number of nitrogens with one attached hydrogen (secondary N) is 1. The number of hydrogen-bond acceptors (Lipinski definition) is 5. The van der Waals surface area contributed by atoms with Gasteiger partial charge in [-0.1, -0.05) is 12.1 Å². The fourth-order valence-electron chi connectivity index (χ4n) is 2.27. The van der Waals surface area contributed by atoms with Crippen LogP contribution in [0, 0.1) is 0 Å². The first-order valence-corrected chi connectivity index (χ1v) is 7.45. The molecule has 1 aliphatic rings. The molecule has 1 amide bonds. The molecule has 2 aromatic rings. The van der Waals surface area contributed by atoms with Crippen LogP contribution in [0.4, 0.5) is 0 Å². The number of hydroxylamine groups is 1. The number of fused-ring (bicyclic) bond motifs is 1. The lowest BCUT2D eigenvalue weighted by molar-refractivity contribution is -0.140. The molecule has 0 aliphatic carbocycles. The van der Waals surface area contributed by atoms with Crippen molar-refractivity contribution in [2.45, 2.75) is 25.6 Å². The molecule has 0 bridgehead atoms. The third kappa shape index (κ3) is 3.98. The molecule has 0 fully saturated rings. The van der Waals surface area contributed by atoms with E-state index in [0.717, 1.165) is 5.56 Å². The normalized spacial score (nSPS) is 17.3. The Balaban J connectivity index is 1.47. The summed E-state index contributed by atoms with van der Waals surface area (Å²) in [5.41, 5.74) is 3.39. The smallest absolute Gasteiger partial charge is 0.247 e. The monoisotopic (exact) mass is 314 g/mol. The van der Waals surface area contributed by atoms with Crippen LogP contribution in [0.25, 0.3) is 0 Å². The van der Waals surface area contributed by atoms with E-state index < -0.39 is 0 Å². The van der Waals surface area contributed by atoms with E-state index >= 15 is 0 Å². The lowest BCUT2D eigenvalue weighted by Crippen LogP contribution is -2.36. The zero-order valence-electron chi connectivity index (χ0n) is 12.8. The number of hydrogen-bond donors (Lipinski definition) is 1. The fourth-order valence-corrected chi connectivity index (χ4v) is 2.27. The van der Waals surface area contributed by atoms with Crippen LogP contribution in [0.5, 0.6) is 11.5 Å². The van der Waals surface area contributed by atoms with Gasteiger partial charge in [0.15, 0.2) is 11.5 Å².